The number of nitrogens with zero attached hydrogens (tertiary/aromatic N) is 2. The molecule has 6 heteroatoms. The van der Waals surface area contributed by atoms with Crippen molar-refractivity contribution in [3.8, 4) is 11.1 Å². The zero-order valence-electron chi connectivity index (χ0n) is 15.6. The minimum atomic E-state index is -0.296. The van der Waals surface area contributed by atoms with Crippen LogP contribution < -0.4 is 10.4 Å². The second-order valence-corrected chi connectivity index (χ2v) is 7.35. The third kappa shape index (κ3) is 3.52. The standard InChI is InChI=1S/C20H25N3O3/c1-20(2,3)22-18-13-15(9-11-17(18)21-23(22)25)16-8-6-5-7-14(16)10-12-19(24)26-4/h5-9,11,13,21,25H,10,12H2,1-4H3. The fourth-order valence-corrected chi connectivity index (χ4v) is 3.23. The predicted octanol–water partition coefficient (Wildman–Crippen LogP) is 4.01. The Morgan fingerprint density at radius 3 is 2.62 bits per heavy atom. The second kappa shape index (κ2) is 6.97. The summed E-state index contributed by atoms with van der Waals surface area (Å²) in [6.45, 7) is 6.10. The molecule has 2 N–H and O–H groups in total. The van der Waals surface area contributed by atoms with Gasteiger partial charge >= 0.3 is 5.97 Å². The highest BCUT2D eigenvalue weighted by Gasteiger charge is 2.34. The number of benzene rings is 2. The Morgan fingerprint density at radius 1 is 1.19 bits per heavy atom. The van der Waals surface area contributed by atoms with Crippen molar-refractivity contribution in [1.29, 1.82) is 0 Å². The van der Waals surface area contributed by atoms with E-state index in [9.17, 15) is 10.0 Å². The summed E-state index contributed by atoms with van der Waals surface area (Å²) < 4.78 is 4.75. The van der Waals surface area contributed by atoms with Gasteiger partial charge in [0.05, 0.1) is 24.0 Å². The van der Waals surface area contributed by atoms with E-state index in [0.29, 0.717) is 12.8 Å². The summed E-state index contributed by atoms with van der Waals surface area (Å²) in [7, 11) is 1.41. The summed E-state index contributed by atoms with van der Waals surface area (Å²) in [6.07, 6.45) is 0.964. The molecule has 0 spiro atoms. The number of fused-ring (bicyclic) bond motifs is 1. The summed E-state index contributed by atoms with van der Waals surface area (Å²) in [4.78, 5) is 11.5. The maximum absolute atomic E-state index is 11.5. The maximum Gasteiger partial charge on any atom is 0.305 e. The number of ether oxygens (including phenoxy) is 1. The van der Waals surface area contributed by atoms with Crippen molar-refractivity contribution in [2.45, 2.75) is 39.2 Å². The van der Waals surface area contributed by atoms with Crippen LogP contribution in [0.1, 0.15) is 32.8 Å². The molecule has 0 atom stereocenters. The van der Waals surface area contributed by atoms with E-state index in [-0.39, 0.29) is 11.5 Å². The van der Waals surface area contributed by atoms with E-state index in [0.717, 1.165) is 33.3 Å². The van der Waals surface area contributed by atoms with Gasteiger partial charge in [0.1, 0.15) is 0 Å². The van der Waals surface area contributed by atoms with E-state index in [1.165, 1.54) is 7.11 Å². The van der Waals surface area contributed by atoms with Gasteiger partial charge in [-0.2, -0.15) is 0 Å². The molecular formula is C20H25N3O3. The highest BCUT2D eigenvalue weighted by molar-refractivity contribution is 5.81. The summed E-state index contributed by atoms with van der Waals surface area (Å²) >= 11 is 0. The molecule has 2 aromatic rings. The number of aryl methyl sites for hydroxylation is 1. The molecule has 0 saturated carbocycles. The number of nitrogens with one attached hydrogen (secondary N) is 1. The number of hydrogen-bond acceptors (Lipinski definition) is 6. The predicted molar refractivity (Wildman–Crippen MR) is 102 cm³/mol. The van der Waals surface area contributed by atoms with Gasteiger partial charge in [0.2, 0.25) is 0 Å². The molecule has 0 aliphatic carbocycles. The minimum absolute atomic E-state index is 0.215. The lowest BCUT2D eigenvalue weighted by Crippen LogP contribution is -2.50. The molecule has 26 heavy (non-hydrogen) atoms. The number of methoxy groups -OCH3 is 1. The van der Waals surface area contributed by atoms with Crippen LogP contribution in [-0.4, -0.2) is 29.1 Å². The lowest BCUT2D eigenvalue weighted by molar-refractivity contribution is -0.140. The van der Waals surface area contributed by atoms with Crippen molar-refractivity contribution < 1.29 is 14.7 Å². The monoisotopic (exact) mass is 355 g/mol. The van der Waals surface area contributed by atoms with E-state index in [2.05, 4.69) is 17.6 Å². The molecule has 6 nitrogen and oxygen atoms in total. The molecule has 3 rings (SSSR count). The number of esters is 1. The lowest BCUT2D eigenvalue weighted by atomic mass is 9.95. The first-order chi connectivity index (χ1) is 12.3. The Morgan fingerprint density at radius 2 is 1.92 bits per heavy atom. The van der Waals surface area contributed by atoms with Crippen LogP contribution in [-0.2, 0) is 16.0 Å². The molecule has 0 fully saturated rings. The molecule has 0 amide bonds. The average Bonchev–Trinajstić information content (AvgIpc) is 2.94. The van der Waals surface area contributed by atoms with Crippen molar-refractivity contribution in [2.24, 2.45) is 0 Å². The molecule has 0 unspecified atom stereocenters. The summed E-state index contributed by atoms with van der Waals surface area (Å²) in [5.74, 6) is -0.215. The molecule has 2 aromatic carbocycles. The third-order valence-corrected chi connectivity index (χ3v) is 4.43. The molecule has 1 heterocycles. The number of hydrogen-bond donors (Lipinski definition) is 2. The van der Waals surface area contributed by atoms with Gasteiger partial charge in [0, 0.05) is 6.42 Å². The van der Waals surface area contributed by atoms with Gasteiger partial charge in [-0.15, -0.1) is 0 Å². The molecule has 0 aromatic heterocycles. The van der Waals surface area contributed by atoms with Gasteiger partial charge < -0.3 is 4.74 Å². The van der Waals surface area contributed by atoms with Crippen LogP contribution in [0, 0.1) is 0 Å². The quantitative estimate of drug-likeness (QED) is 0.808. The number of hydrazine groups is 2. The largest absolute Gasteiger partial charge is 0.469 e. The van der Waals surface area contributed by atoms with Crippen LogP contribution in [0.5, 0.6) is 0 Å². The van der Waals surface area contributed by atoms with Gasteiger partial charge in [-0.25, -0.2) is 0 Å². The van der Waals surface area contributed by atoms with Crippen molar-refractivity contribution in [2.75, 3.05) is 17.5 Å². The summed E-state index contributed by atoms with van der Waals surface area (Å²) in [5.41, 5.74) is 7.60. The molecule has 1 aliphatic heterocycles. The van der Waals surface area contributed by atoms with E-state index in [4.69, 9.17) is 4.74 Å². The highest BCUT2D eigenvalue weighted by atomic mass is 16.6. The van der Waals surface area contributed by atoms with E-state index < -0.39 is 0 Å². The van der Waals surface area contributed by atoms with E-state index in [1.807, 2.05) is 56.1 Å². The van der Waals surface area contributed by atoms with Gasteiger partial charge in [-0.1, -0.05) is 30.3 Å². The Kier molecular flexibility index (Phi) is 4.89. The van der Waals surface area contributed by atoms with Gasteiger partial charge in [0.15, 0.2) is 0 Å². The Labute approximate surface area is 153 Å². The molecule has 0 saturated heterocycles. The number of carbonyl (C=O) groups excluding carboxylic acids is 1. The SMILES string of the molecule is COC(=O)CCc1ccccc1-c1ccc2c(c1)N(C(C)(C)C)N(O)N2. The fraction of sp³-hybridized carbons (Fsp3) is 0.350. The van der Waals surface area contributed by atoms with Crippen LogP contribution in [0.25, 0.3) is 11.1 Å². The first-order valence-corrected chi connectivity index (χ1v) is 8.66. The fourth-order valence-electron chi connectivity index (χ4n) is 3.23. The van der Waals surface area contributed by atoms with Crippen LogP contribution in [0.3, 0.4) is 0 Å². The topological polar surface area (TPSA) is 65.0 Å². The molecule has 138 valence electrons. The average molecular weight is 355 g/mol. The number of anilines is 2. The summed E-state index contributed by atoms with van der Waals surface area (Å²) in [5, 5.41) is 13.1. The van der Waals surface area contributed by atoms with Gasteiger partial charge in [-0.3, -0.25) is 20.4 Å². The smallest absolute Gasteiger partial charge is 0.305 e. The Hall–Kier alpha value is -2.57. The maximum atomic E-state index is 11.5. The van der Waals surface area contributed by atoms with Crippen LogP contribution >= 0.6 is 0 Å². The van der Waals surface area contributed by atoms with Crippen molar-refractivity contribution in [3.63, 3.8) is 0 Å². The zero-order valence-corrected chi connectivity index (χ0v) is 15.6. The van der Waals surface area contributed by atoms with E-state index in [1.54, 1.807) is 0 Å². The first-order valence-electron chi connectivity index (χ1n) is 8.66. The first kappa shape index (κ1) is 18.2. The summed E-state index contributed by atoms with van der Waals surface area (Å²) in [6, 6.07) is 14.1. The van der Waals surface area contributed by atoms with Gasteiger partial charge in [0.25, 0.3) is 0 Å². The molecule has 1 aliphatic rings. The van der Waals surface area contributed by atoms with E-state index >= 15 is 0 Å². The number of rotatable bonds is 4. The highest BCUT2D eigenvalue weighted by Crippen LogP contribution is 2.40. The van der Waals surface area contributed by atoms with Crippen LogP contribution in [0.2, 0.25) is 0 Å². The van der Waals surface area contributed by atoms with Crippen LogP contribution in [0.4, 0.5) is 11.4 Å². The Bertz CT molecular complexity index is 814. The minimum Gasteiger partial charge on any atom is -0.469 e. The van der Waals surface area contributed by atoms with Crippen LogP contribution in [0.15, 0.2) is 42.5 Å². The normalized spacial score (nSPS) is 14.1. The zero-order chi connectivity index (χ0) is 18.9. The Balaban J connectivity index is 1.98. The van der Waals surface area contributed by atoms with Gasteiger partial charge in [-0.05, 0) is 61.3 Å². The number of carbonyl (C=O) groups is 1. The molecule has 0 bridgehead atoms. The van der Waals surface area contributed by atoms with Crippen molar-refractivity contribution in [1.82, 2.24) is 5.28 Å². The lowest BCUT2D eigenvalue weighted by Gasteiger charge is -2.36. The molecular weight excluding hydrogens is 330 g/mol. The molecule has 0 radical (unpaired) electrons. The second-order valence-electron chi connectivity index (χ2n) is 7.35. The van der Waals surface area contributed by atoms with Crippen molar-refractivity contribution >= 4 is 17.3 Å². The van der Waals surface area contributed by atoms with Crippen molar-refractivity contribution in [3.05, 3.63) is 48.0 Å². The third-order valence-electron chi connectivity index (χ3n) is 4.43.